The molecule has 27 heavy (non-hydrogen) atoms. The lowest BCUT2D eigenvalue weighted by atomic mass is 10.0. The van der Waals surface area contributed by atoms with E-state index in [9.17, 15) is 4.79 Å². The summed E-state index contributed by atoms with van der Waals surface area (Å²) < 4.78 is 10.7. The van der Waals surface area contributed by atoms with Gasteiger partial charge in [-0.1, -0.05) is 35.3 Å². The van der Waals surface area contributed by atoms with Gasteiger partial charge in [-0.2, -0.15) is 0 Å². The second-order valence-electron chi connectivity index (χ2n) is 6.27. The lowest BCUT2D eigenvalue weighted by molar-refractivity contribution is 0.0162. The summed E-state index contributed by atoms with van der Waals surface area (Å²) in [6.45, 7) is 3.46. The van der Waals surface area contributed by atoms with Crippen molar-refractivity contribution in [2.45, 2.75) is 6.04 Å². The third kappa shape index (κ3) is 5.14. The molecule has 1 saturated heterocycles. The van der Waals surface area contributed by atoms with Crippen LogP contribution in [0.25, 0.3) is 0 Å². The third-order valence-electron chi connectivity index (χ3n) is 4.61. The number of carbonyl (C=O) groups is 1. The number of ether oxygens (including phenoxy) is 2. The Hall–Kier alpha value is -1.79. The monoisotopic (exact) mass is 408 g/mol. The zero-order valence-electron chi connectivity index (χ0n) is 15.1. The minimum Gasteiger partial charge on any atom is -0.496 e. The highest BCUT2D eigenvalue weighted by Gasteiger charge is 2.24. The summed E-state index contributed by atoms with van der Waals surface area (Å²) in [5.74, 6) is 0.255. The number of methoxy groups -OCH3 is 1. The van der Waals surface area contributed by atoms with Gasteiger partial charge in [0.15, 0.2) is 0 Å². The van der Waals surface area contributed by atoms with Crippen molar-refractivity contribution in [2.75, 3.05) is 40.0 Å². The van der Waals surface area contributed by atoms with Gasteiger partial charge in [0.25, 0.3) is 5.91 Å². The van der Waals surface area contributed by atoms with Crippen LogP contribution in [0.2, 0.25) is 10.0 Å². The Balaban J connectivity index is 1.76. The van der Waals surface area contributed by atoms with E-state index in [2.05, 4.69) is 10.2 Å². The summed E-state index contributed by atoms with van der Waals surface area (Å²) in [4.78, 5) is 15.0. The highest BCUT2D eigenvalue weighted by molar-refractivity contribution is 6.31. The first-order chi connectivity index (χ1) is 13.1. The molecule has 5 nitrogen and oxygen atoms in total. The molecule has 0 aromatic heterocycles. The number of amides is 1. The topological polar surface area (TPSA) is 50.8 Å². The molecule has 1 unspecified atom stereocenters. The maximum Gasteiger partial charge on any atom is 0.255 e. The van der Waals surface area contributed by atoms with Gasteiger partial charge in [-0.05, 0) is 35.9 Å². The smallest absolute Gasteiger partial charge is 0.255 e. The van der Waals surface area contributed by atoms with Gasteiger partial charge >= 0.3 is 0 Å². The van der Waals surface area contributed by atoms with E-state index in [1.165, 1.54) is 7.11 Å². The SMILES string of the molecule is COc1cc(Cl)ccc1C(=O)NCC(c1ccc(Cl)cc1)N1CCOCC1. The number of benzene rings is 2. The number of morpholine rings is 1. The van der Waals surface area contributed by atoms with Crippen molar-refractivity contribution in [3.63, 3.8) is 0 Å². The number of hydrogen-bond acceptors (Lipinski definition) is 4. The molecule has 0 spiro atoms. The van der Waals surface area contributed by atoms with Crippen LogP contribution in [-0.4, -0.2) is 50.8 Å². The molecule has 2 aromatic rings. The summed E-state index contributed by atoms with van der Waals surface area (Å²) in [5, 5.41) is 4.24. The Labute approximate surface area is 169 Å². The Bertz CT molecular complexity index is 777. The number of nitrogens with one attached hydrogen (secondary N) is 1. The van der Waals surface area contributed by atoms with Crippen molar-refractivity contribution < 1.29 is 14.3 Å². The Morgan fingerprint density at radius 2 is 1.81 bits per heavy atom. The van der Waals surface area contributed by atoms with E-state index >= 15 is 0 Å². The molecule has 3 rings (SSSR count). The normalized spacial score (nSPS) is 16.0. The molecule has 1 fully saturated rings. The fourth-order valence-electron chi connectivity index (χ4n) is 3.17. The molecule has 1 atom stereocenters. The molecule has 0 radical (unpaired) electrons. The summed E-state index contributed by atoms with van der Waals surface area (Å²) in [6.07, 6.45) is 0. The van der Waals surface area contributed by atoms with Gasteiger partial charge in [-0.25, -0.2) is 0 Å². The summed E-state index contributed by atoms with van der Waals surface area (Å²) in [6, 6.07) is 12.8. The van der Waals surface area contributed by atoms with Crippen LogP contribution in [0, 0.1) is 0 Å². The van der Waals surface area contributed by atoms with Crippen LogP contribution in [0.3, 0.4) is 0 Å². The molecule has 1 aliphatic rings. The van der Waals surface area contributed by atoms with E-state index in [1.807, 2.05) is 24.3 Å². The second kappa shape index (κ2) is 9.42. The van der Waals surface area contributed by atoms with E-state index < -0.39 is 0 Å². The lowest BCUT2D eigenvalue weighted by Gasteiger charge is -2.35. The summed E-state index contributed by atoms with van der Waals surface area (Å²) in [7, 11) is 1.52. The average Bonchev–Trinajstić information content (AvgIpc) is 2.70. The van der Waals surface area contributed by atoms with Crippen molar-refractivity contribution in [3.8, 4) is 5.75 Å². The van der Waals surface area contributed by atoms with Crippen LogP contribution >= 0.6 is 23.2 Å². The first-order valence-corrected chi connectivity index (χ1v) is 9.53. The van der Waals surface area contributed by atoms with Gasteiger partial charge in [0.05, 0.1) is 31.9 Å². The predicted octanol–water partition coefficient (Wildman–Crippen LogP) is 3.81. The summed E-state index contributed by atoms with van der Waals surface area (Å²) >= 11 is 12.0. The Kier molecular flexibility index (Phi) is 6.96. The van der Waals surface area contributed by atoms with Crippen LogP contribution < -0.4 is 10.1 Å². The first-order valence-electron chi connectivity index (χ1n) is 8.77. The molecule has 1 aliphatic heterocycles. The van der Waals surface area contributed by atoms with Crippen LogP contribution in [0.5, 0.6) is 5.75 Å². The molecule has 1 heterocycles. The zero-order chi connectivity index (χ0) is 19.2. The maximum atomic E-state index is 12.7. The minimum atomic E-state index is -0.198. The molecule has 0 aliphatic carbocycles. The molecule has 1 N–H and O–H groups in total. The fourth-order valence-corrected chi connectivity index (χ4v) is 3.46. The molecule has 1 amide bonds. The number of rotatable bonds is 6. The zero-order valence-corrected chi connectivity index (χ0v) is 16.6. The highest BCUT2D eigenvalue weighted by Crippen LogP contribution is 2.25. The highest BCUT2D eigenvalue weighted by atomic mass is 35.5. The first kappa shape index (κ1) is 20.0. The molecular weight excluding hydrogens is 387 g/mol. The van der Waals surface area contributed by atoms with Gasteiger partial charge in [0.2, 0.25) is 0 Å². The number of nitrogens with zero attached hydrogens (tertiary/aromatic N) is 1. The summed E-state index contributed by atoms with van der Waals surface area (Å²) in [5.41, 5.74) is 1.56. The Morgan fingerprint density at radius 3 is 2.48 bits per heavy atom. The predicted molar refractivity (Wildman–Crippen MR) is 107 cm³/mol. The van der Waals surface area contributed by atoms with Crippen molar-refractivity contribution in [2.24, 2.45) is 0 Å². The van der Waals surface area contributed by atoms with E-state index in [0.29, 0.717) is 41.1 Å². The van der Waals surface area contributed by atoms with E-state index in [0.717, 1.165) is 18.7 Å². The van der Waals surface area contributed by atoms with Gasteiger partial charge < -0.3 is 14.8 Å². The third-order valence-corrected chi connectivity index (χ3v) is 5.09. The van der Waals surface area contributed by atoms with E-state index in [1.54, 1.807) is 18.2 Å². The Morgan fingerprint density at radius 1 is 1.15 bits per heavy atom. The van der Waals surface area contributed by atoms with Crippen molar-refractivity contribution in [1.82, 2.24) is 10.2 Å². The van der Waals surface area contributed by atoms with Crippen LogP contribution in [-0.2, 0) is 4.74 Å². The van der Waals surface area contributed by atoms with Gasteiger partial charge in [-0.15, -0.1) is 0 Å². The molecular formula is C20H22Cl2N2O3. The fraction of sp³-hybridized carbons (Fsp3) is 0.350. The van der Waals surface area contributed by atoms with Crippen molar-refractivity contribution in [3.05, 3.63) is 63.6 Å². The largest absolute Gasteiger partial charge is 0.496 e. The minimum absolute atomic E-state index is 0.0356. The second-order valence-corrected chi connectivity index (χ2v) is 7.14. The van der Waals surface area contributed by atoms with Crippen LogP contribution in [0.15, 0.2) is 42.5 Å². The maximum absolute atomic E-state index is 12.7. The van der Waals surface area contributed by atoms with E-state index in [-0.39, 0.29) is 11.9 Å². The number of halogens is 2. The van der Waals surface area contributed by atoms with Gasteiger partial charge in [-0.3, -0.25) is 9.69 Å². The lowest BCUT2D eigenvalue weighted by Crippen LogP contribution is -2.43. The molecule has 0 bridgehead atoms. The van der Waals surface area contributed by atoms with Crippen molar-refractivity contribution in [1.29, 1.82) is 0 Å². The molecule has 144 valence electrons. The number of hydrogen-bond donors (Lipinski definition) is 1. The van der Waals surface area contributed by atoms with Gasteiger partial charge in [0, 0.05) is 29.7 Å². The number of carbonyl (C=O) groups excluding carboxylic acids is 1. The van der Waals surface area contributed by atoms with E-state index in [4.69, 9.17) is 32.7 Å². The average molecular weight is 409 g/mol. The molecule has 7 heteroatoms. The van der Waals surface area contributed by atoms with Gasteiger partial charge in [0.1, 0.15) is 5.75 Å². The van der Waals surface area contributed by atoms with Crippen LogP contribution in [0.4, 0.5) is 0 Å². The van der Waals surface area contributed by atoms with Crippen LogP contribution in [0.1, 0.15) is 22.0 Å². The quantitative estimate of drug-likeness (QED) is 0.789. The standard InChI is InChI=1S/C20H22Cl2N2O3/c1-26-19-12-16(22)6-7-17(19)20(25)23-13-18(24-8-10-27-11-9-24)14-2-4-15(21)5-3-14/h2-7,12,18H,8-11,13H2,1H3,(H,23,25). The molecule has 0 saturated carbocycles. The van der Waals surface area contributed by atoms with Crippen molar-refractivity contribution >= 4 is 29.1 Å². The molecule has 2 aromatic carbocycles.